The number of aryl methyl sites for hydroxylation is 1. The van der Waals surface area contributed by atoms with Crippen LogP contribution in [0, 0.1) is 6.92 Å². The molecule has 22 heavy (non-hydrogen) atoms. The molecule has 114 valence electrons. The van der Waals surface area contributed by atoms with Gasteiger partial charge in [-0.15, -0.1) is 10.2 Å². The Kier molecular flexibility index (Phi) is 4.02. The summed E-state index contributed by atoms with van der Waals surface area (Å²) in [6.45, 7) is 4.71. The lowest BCUT2D eigenvalue weighted by Gasteiger charge is -2.20. The van der Waals surface area contributed by atoms with Gasteiger partial charge in [-0.2, -0.15) is 0 Å². The fraction of sp³-hybridized carbons (Fsp3) is 0.312. The molecule has 3 aromatic rings. The van der Waals surface area contributed by atoms with Gasteiger partial charge in [0.1, 0.15) is 6.26 Å². The number of aromatic nitrogens is 3. The molecule has 0 aliphatic heterocycles. The first-order valence-electron chi connectivity index (χ1n) is 7.13. The van der Waals surface area contributed by atoms with Crippen LogP contribution < -0.4 is 0 Å². The third kappa shape index (κ3) is 3.07. The molecule has 0 aliphatic carbocycles. The maximum atomic E-state index is 5.82. The average molecular weight is 298 g/mol. The first-order valence-corrected chi connectivity index (χ1v) is 7.13. The molecule has 0 bridgehead atoms. The summed E-state index contributed by atoms with van der Waals surface area (Å²) in [5.74, 6) is 1.13. The molecule has 0 amide bonds. The second kappa shape index (κ2) is 6.11. The molecular formula is C16H18N4O2. The van der Waals surface area contributed by atoms with Crippen LogP contribution in [0.4, 0.5) is 0 Å². The van der Waals surface area contributed by atoms with Crippen molar-refractivity contribution < 1.29 is 8.94 Å². The van der Waals surface area contributed by atoms with Crippen LogP contribution in [-0.2, 0) is 6.54 Å². The molecule has 0 saturated heterocycles. The van der Waals surface area contributed by atoms with Gasteiger partial charge in [0.25, 0.3) is 0 Å². The number of benzene rings is 1. The molecule has 0 radical (unpaired) electrons. The van der Waals surface area contributed by atoms with Crippen LogP contribution >= 0.6 is 0 Å². The second-order valence-corrected chi connectivity index (χ2v) is 5.40. The van der Waals surface area contributed by atoms with Gasteiger partial charge in [-0.1, -0.05) is 22.9 Å². The summed E-state index contributed by atoms with van der Waals surface area (Å²) in [6, 6.07) is 9.84. The summed E-state index contributed by atoms with van der Waals surface area (Å²) in [4.78, 5) is 2.07. The lowest BCUT2D eigenvalue weighted by atomic mass is 10.1. The molecule has 1 atom stereocenters. The summed E-state index contributed by atoms with van der Waals surface area (Å²) < 4.78 is 10.7. The van der Waals surface area contributed by atoms with Gasteiger partial charge >= 0.3 is 0 Å². The van der Waals surface area contributed by atoms with E-state index in [2.05, 4.69) is 20.3 Å². The van der Waals surface area contributed by atoms with Crippen LogP contribution in [0.2, 0.25) is 0 Å². The monoisotopic (exact) mass is 298 g/mol. The Morgan fingerprint density at radius 3 is 2.82 bits per heavy atom. The minimum Gasteiger partial charge on any atom is -0.419 e. The van der Waals surface area contributed by atoms with E-state index < -0.39 is 0 Å². The fourth-order valence-corrected chi connectivity index (χ4v) is 2.20. The molecule has 1 aromatic carbocycles. The molecule has 6 heteroatoms. The van der Waals surface area contributed by atoms with E-state index in [4.69, 9.17) is 8.94 Å². The lowest BCUT2D eigenvalue weighted by molar-refractivity contribution is 0.212. The van der Waals surface area contributed by atoms with E-state index in [9.17, 15) is 0 Å². The van der Waals surface area contributed by atoms with Crippen LogP contribution in [0.15, 0.2) is 45.5 Å². The van der Waals surface area contributed by atoms with Crippen molar-refractivity contribution in [3.05, 3.63) is 53.7 Å². The quantitative estimate of drug-likeness (QED) is 0.720. The normalized spacial score (nSPS) is 12.7. The van der Waals surface area contributed by atoms with Gasteiger partial charge in [0.05, 0.1) is 11.7 Å². The molecule has 0 saturated carbocycles. The molecule has 6 nitrogen and oxygen atoms in total. The summed E-state index contributed by atoms with van der Waals surface area (Å²) in [5.41, 5.74) is 2.96. The van der Waals surface area contributed by atoms with Crippen molar-refractivity contribution in [3.63, 3.8) is 0 Å². The van der Waals surface area contributed by atoms with Gasteiger partial charge in [0.2, 0.25) is 11.8 Å². The number of hydrogen-bond acceptors (Lipinski definition) is 6. The number of rotatable bonds is 5. The Morgan fingerprint density at radius 2 is 2.09 bits per heavy atom. The predicted octanol–water partition coefficient (Wildman–Crippen LogP) is 3.23. The molecule has 0 spiro atoms. The largest absolute Gasteiger partial charge is 0.419 e. The Bertz CT molecular complexity index is 736. The van der Waals surface area contributed by atoms with Gasteiger partial charge in [-0.05, 0) is 33.0 Å². The fourth-order valence-electron chi connectivity index (χ4n) is 2.20. The van der Waals surface area contributed by atoms with E-state index in [1.54, 1.807) is 6.26 Å². The maximum Gasteiger partial charge on any atom is 0.247 e. The molecule has 3 rings (SSSR count). The highest BCUT2D eigenvalue weighted by molar-refractivity contribution is 5.53. The first kappa shape index (κ1) is 14.5. The van der Waals surface area contributed by atoms with E-state index >= 15 is 0 Å². The van der Waals surface area contributed by atoms with Crippen molar-refractivity contribution in [1.82, 2.24) is 20.3 Å². The van der Waals surface area contributed by atoms with Crippen molar-refractivity contribution >= 4 is 0 Å². The Balaban J connectivity index is 1.75. The maximum absolute atomic E-state index is 5.82. The minimum absolute atomic E-state index is 0.0113. The van der Waals surface area contributed by atoms with E-state index in [1.807, 2.05) is 51.2 Å². The van der Waals surface area contributed by atoms with E-state index in [1.165, 1.54) is 0 Å². The van der Waals surface area contributed by atoms with Gasteiger partial charge in [-0.25, -0.2) is 0 Å². The van der Waals surface area contributed by atoms with Gasteiger partial charge in [0.15, 0.2) is 0 Å². The Morgan fingerprint density at radius 1 is 1.23 bits per heavy atom. The third-order valence-corrected chi connectivity index (χ3v) is 3.63. The molecule has 2 aromatic heterocycles. The minimum atomic E-state index is -0.0113. The van der Waals surface area contributed by atoms with Crippen molar-refractivity contribution in [3.8, 4) is 11.5 Å². The predicted molar refractivity (Wildman–Crippen MR) is 80.9 cm³/mol. The smallest absolute Gasteiger partial charge is 0.247 e. The summed E-state index contributed by atoms with van der Waals surface area (Å²) in [7, 11) is 1.98. The number of hydrogen-bond donors (Lipinski definition) is 0. The highest BCUT2D eigenvalue weighted by Crippen LogP contribution is 2.24. The Labute approximate surface area is 128 Å². The Hall–Kier alpha value is -2.47. The average Bonchev–Trinajstić information content (AvgIpc) is 3.17. The van der Waals surface area contributed by atoms with Crippen LogP contribution in [0.3, 0.4) is 0 Å². The summed E-state index contributed by atoms with van der Waals surface area (Å²) >= 11 is 0. The van der Waals surface area contributed by atoms with Gasteiger partial charge < -0.3 is 8.94 Å². The molecular weight excluding hydrogens is 280 g/mol. The van der Waals surface area contributed by atoms with Crippen LogP contribution in [0.1, 0.15) is 30.1 Å². The first-order chi connectivity index (χ1) is 10.6. The lowest BCUT2D eigenvalue weighted by Crippen LogP contribution is -2.22. The molecule has 0 fully saturated rings. The van der Waals surface area contributed by atoms with Crippen LogP contribution in [0.5, 0.6) is 0 Å². The topological polar surface area (TPSA) is 68.2 Å². The molecule has 0 aliphatic rings. The molecule has 1 unspecified atom stereocenters. The van der Waals surface area contributed by atoms with Gasteiger partial charge in [0, 0.05) is 18.2 Å². The van der Waals surface area contributed by atoms with Crippen molar-refractivity contribution in [2.24, 2.45) is 0 Å². The van der Waals surface area contributed by atoms with Crippen molar-refractivity contribution in [2.45, 2.75) is 26.4 Å². The SMILES string of the molecule is Cc1cccc(-c2nnc(C(C)N(C)Cc3ccon3)o2)c1. The van der Waals surface area contributed by atoms with Crippen molar-refractivity contribution in [2.75, 3.05) is 7.05 Å². The number of nitrogens with zero attached hydrogens (tertiary/aromatic N) is 4. The highest BCUT2D eigenvalue weighted by atomic mass is 16.5. The van der Waals surface area contributed by atoms with Gasteiger partial charge in [-0.3, -0.25) is 4.90 Å². The molecule has 0 N–H and O–H groups in total. The molecule has 2 heterocycles. The van der Waals surface area contributed by atoms with Crippen molar-refractivity contribution in [1.29, 1.82) is 0 Å². The standard InChI is InChI=1S/C16H18N4O2/c1-11-5-4-6-13(9-11)16-18-17-15(22-16)12(2)20(3)10-14-7-8-21-19-14/h4-9,12H,10H2,1-3H3. The summed E-state index contributed by atoms with van der Waals surface area (Å²) in [6.07, 6.45) is 1.57. The third-order valence-electron chi connectivity index (χ3n) is 3.63. The zero-order chi connectivity index (χ0) is 15.5. The van der Waals surface area contributed by atoms with E-state index in [-0.39, 0.29) is 6.04 Å². The zero-order valence-electron chi connectivity index (χ0n) is 12.9. The van der Waals surface area contributed by atoms with Crippen LogP contribution in [0.25, 0.3) is 11.5 Å². The van der Waals surface area contributed by atoms with E-state index in [0.717, 1.165) is 16.8 Å². The highest BCUT2D eigenvalue weighted by Gasteiger charge is 2.20. The summed E-state index contributed by atoms with van der Waals surface area (Å²) in [5, 5.41) is 12.2. The van der Waals surface area contributed by atoms with E-state index in [0.29, 0.717) is 18.3 Å². The zero-order valence-corrected chi connectivity index (χ0v) is 12.9. The van der Waals surface area contributed by atoms with Crippen LogP contribution in [-0.4, -0.2) is 27.3 Å². The second-order valence-electron chi connectivity index (χ2n) is 5.40.